The summed E-state index contributed by atoms with van der Waals surface area (Å²) in [6.45, 7) is 36.8. The summed E-state index contributed by atoms with van der Waals surface area (Å²) in [6, 6.07) is -0.478. The molecule has 2 saturated heterocycles. The molecule has 23 heteroatoms. The van der Waals surface area contributed by atoms with Crippen molar-refractivity contribution in [2.45, 2.75) is 307 Å². The molecule has 646 valence electrons. The van der Waals surface area contributed by atoms with Crippen molar-refractivity contribution in [3.63, 3.8) is 0 Å². The van der Waals surface area contributed by atoms with E-state index in [1.54, 1.807) is 0 Å². The number of ether oxygens (including phenoxy) is 4. The van der Waals surface area contributed by atoms with Gasteiger partial charge in [-0.15, -0.1) is 0 Å². The first-order chi connectivity index (χ1) is 56.9. The summed E-state index contributed by atoms with van der Waals surface area (Å²) in [5.41, 5.74) is 15.4. The number of allylic oxidation sites excluding steroid dienone is 2. The highest BCUT2D eigenvalue weighted by atomic mass is 16.7. The third-order valence-corrected chi connectivity index (χ3v) is 33.4. The van der Waals surface area contributed by atoms with E-state index in [0.717, 1.165) is 184 Å². The number of rotatable bonds is 6. The fraction of sp³-hybridized carbons (Fsp3) is 0.719. The van der Waals surface area contributed by atoms with Crippen molar-refractivity contribution < 1.29 is 52.9 Å². The zero-order valence-corrected chi connectivity index (χ0v) is 74.5. The van der Waals surface area contributed by atoms with Crippen LogP contribution in [0.1, 0.15) is 291 Å². The average molecular weight is 1630 g/mol. The highest BCUT2D eigenvalue weighted by Gasteiger charge is 2.63. The molecule has 6 saturated carbocycles. The Morgan fingerprint density at radius 2 is 0.807 bits per heavy atom. The maximum atomic E-state index is 12.7. The van der Waals surface area contributed by atoms with E-state index in [1.165, 1.54) is 63.3 Å². The molecule has 1 unspecified atom stereocenters. The molecular formula is C96H136N12O11. The quantitative estimate of drug-likeness (QED) is 0.0891. The number of hydrogen-bond donors (Lipinski definition) is 2. The van der Waals surface area contributed by atoms with Crippen LogP contribution < -0.4 is 0 Å². The Kier molecular flexibility index (Phi) is 24.1. The number of aromatic nitrogens is 11. The van der Waals surface area contributed by atoms with E-state index in [9.17, 15) is 29.4 Å². The number of nitrogens with zero attached hydrogens (tertiary/aromatic N) is 12. The number of aryl methyl sites for hydroxylation is 10. The molecule has 119 heavy (non-hydrogen) atoms. The van der Waals surface area contributed by atoms with Crippen LogP contribution in [0.2, 0.25) is 0 Å². The molecule has 14 aliphatic rings. The van der Waals surface area contributed by atoms with Crippen molar-refractivity contribution >= 4 is 23.1 Å². The maximum Gasteiger partial charge on any atom is 0.282 e. The van der Waals surface area contributed by atoms with E-state index in [0.29, 0.717) is 90.8 Å². The number of carbonyl (C=O) groups excluding carboxylic acids is 4. The molecule has 2 N–H and O–H groups in total. The highest BCUT2D eigenvalue weighted by Crippen LogP contribution is 2.62. The molecule has 0 radical (unpaired) electrons. The van der Waals surface area contributed by atoms with Crippen molar-refractivity contribution in [3.05, 3.63) is 140 Å². The number of hydrogen-bond acceptors (Lipinski definition) is 17. The second kappa shape index (κ2) is 33.2. The van der Waals surface area contributed by atoms with Crippen LogP contribution in [0, 0.1) is 77.1 Å². The topological polar surface area (TPSA) is 265 Å². The number of carbonyl (C=O) groups is 4. The van der Waals surface area contributed by atoms with E-state index >= 15 is 0 Å². The molecule has 0 bridgehead atoms. The van der Waals surface area contributed by atoms with Crippen LogP contribution in [0.5, 0.6) is 0 Å². The van der Waals surface area contributed by atoms with Gasteiger partial charge in [-0.25, -0.2) is 6.57 Å². The first-order valence-electron chi connectivity index (χ1n) is 45.7. The smallest absolute Gasteiger partial charge is 0.282 e. The number of aliphatic hydroxyl groups excluding tert-OH is 2. The SMILES string of the molecule is CC[C@@H]1C(=O)/C(=C\O)C[C@]2(C)c3nn(C)cc3CC[C@@H]12.CC[C@@H]1C(=O)CC[C@]2(C)c3nn(C)cc3CC[C@@H]12.CC[C@@H]1c2oncc2C[C@]2(C)c3nn(C)cc3CC[C@@H]12.CC[C@H]1[C@@H]2CC/C(=C\O)C(=O)[C@@]2(C)CCC12OCCO2.CC[C@H]1[C@@H]2CCc3cn(C)nc3[C@@]2(C)CCC12OCCO2.[C-]#[N+]C1C[C@]2(C)c3nn(C)cc3CC[C@H]2[C@H](CC)C1=O. The van der Waals surface area contributed by atoms with Gasteiger partial charge in [0.25, 0.3) is 6.04 Å². The van der Waals surface area contributed by atoms with E-state index in [1.807, 2.05) is 64.8 Å². The van der Waals surface area contributed by atoms with Crippen LogP contribution in [-0.4, -0.2) is 131 Å². The van der Waals surface area contributed by atoms with Crippen LogP contribution in [0.3, 0.4) is 0 Å². The van der Waals surface area contributed by atoms with Gasteiger partial charge in [-0.05, 0) is 211 Å². The number of fused-ring (bicyclic) bond motifs is 17. The third kappa shape index (κ3) is 14.5. The summed E-state index contributed by atoms with van der Waals surface area (Å²) in [6.07, 6.45) is 40.9. The molecular weight excluding hydrogens is 1500 g/mol. The second-order valence-corrected chi connectivity index (χ2v) is 39.7. The number of aliphatic hydroxyl groups is 2. The Morgan fingerprint density at radius 1 is 0.429 bits per heavy atom. The van der Waals surface area contributed by atoms with Crippen molar-refractivity contribution in [1.82, 2.24) is 54.1 Å². The van der Waals surface area contributed by atoms with Crippen molar-refractivity contribution in [2.24, 2.45) is 106 Å². The Balaban J connectivity index is 0.000000112. The zero-order valence-electron chi connectivity index (χ0n) is 74.5. The van der Waals surface area contributed by atoms with Crippen LogP contribution in [0.15, 0.2) is 65.4 Å². The van der Waals surface area contributed by atoms with Crippen molar-refractivity contribution in [2.75, 3.05) is 26.4 Å². The van der Waals surface area contributed by atoms with Gasteiger partial charge in [0, 0.05) is 177 Å². The lowest BCUT2D eigenvalue weighted by Crippen LogP contribution is -2.56. The fourth-order valence-electron chi connectivity index (χ4n) is 27.7. The standard InChI is InChI=1S/C17H26N2O2.2C16H21N3O.C16H22N2O2.C16H24O4.C15H22N2O/c1-4-13-14-6-5-12-11-19(3)18-15(12)16(14,2)7-8-17(13)20-9-10-21-17;1-4-12-13-6-5-10-9-19(3)18-15(10)16(13,2)7-11-8-17-20-14(11)12;1-5-11-12-7-6-10-9-19(4)18-15(10)16(12,2)8-13(17-3)14(11)20;1-4-12-13-6-5-10-8-18(3)17-15(10)16(13,2)7-11(9-19)14(12)20;1-3-12-13-5-4-11(10-17)14(18)15(13,2)6-7-16(12)19-8-9-20-16;1-4-11-12-6-5-10-9-17(3)16-14(10)15(12,2)8-7-13(11)18/h11,13-14H,4-10H2,1-3H3;8-9,12-13H,4-7H2,1-3H3;9,11-13H,5-8H2,1-2,4H3;8-9,12-13,19H,4-7H2,1-3H3;10,12-13,17H,3-9H2,1-2H3;9,11-12H,4-8H2,1-3H3/b;;;11-9-;11-10+;/t13-,14-,16-;12-,13-,16-;11-,12-,13?,16-;12-,13-,16-;12-,13-,15-;11-,12-,15-/m000000/s1. The Labute approximate surface area is 705 Å². The molecule has 23 nitrogen and oxygen atoms in total. The summed E-state index contributed by atoms with van der Waals surface area (Å²) in [5.74, 6) is 5.58. The van der Waals surface area contributed by atoms with Gasteiger partial charge in [0.2, 0.25) is 5.78 Å². The molecule has 8 fully saturated rings. The van der Waals surface area contributed by atoms with Gasteiger partial charge in [0.1, 0.15) is 11.5 Å². The summed E-state index contributed by atoms with van der Waals surface area (Å²) < 4.78 is 39.4. The first-order valence-corrected chi connectivity index (χ1v) is 45.7. The molecule has 8 heterocycles. The fourth-order valence-corrected chi connectivity index (χ4v) is 27.7. The van der Waals surface area contributed by atoms with Crippen LogP contribution in [0.25, 0.3) is 4.85 Å². The number of ketones is 4. The first kappa shape index (κ1) is 86.3. The molecule has 2 spiro atoms. The van der Waals surface area contributed by atoms with Crippen LogP contribution in [-0.2, 0) is 139 Å². The maximum absolute atomic E-state index is 12.7. The molecule has 20 rings (SSSR count). The van der Waals surface area contributed by atoms with Gasteiger partial charge in [-0.3, -0.25) is 42.6 Å². The van der Waals surface area contributed by atoms with Crippen molar-refractivity contribution in [1.29, 1.82) is 0 Å². The highest BCUT2D eigenvalue weighted by molar-refractivity contribution is 6.00. The van der Waals surface area contributed by atoms with Gasteiger partial charge in [-0.1, -0.05) is 88.2 Å². The van der Waals surface area contributed by atoms with Gasteiger partial charge < -0.3 is 38.5 Å². The van der Waals surface area contributed by atoms with Crippen LogP contribution >= 0.6 is 0 Å². The minimum atomic E-state index is -0.478. The van der Waals surface area contributed by atoms with E-state index in [2.05, 4.69) is 134 Å². The molecule has 6 aromatic heterocycles. The molecule has 19 atom stereocenters. The molecule has 0 aromatic carbocycles. The van der Waals surface area contributed by atoms with E-state index in [4.69, 9.17) is 45.3 Å². The van der Waals surface area contributed by atoms with Gasteiger partial charge in [0.05, 0.1) is 73.6 Å². The number of Topliss-reactive ketones (excluding diaryl/α,β-unsaturated/α-hetero) is 4. The lowest BCUT2D eigenvalue weighted by molar-refractivity contribution is -0.246. The second-order valence-electron chi connectivity index (χ2n) is 39.7. The minimum Gasteiger partial charge on any atom is -0.515 e. The average Bonchev–Trinajstić information content (AvgIpc) is 1.68. The summed E-state index contributed by atoms with van der Waals surface area (Å²) in [4.78, 5) is 53.3. The molecule has 6 aromatic rings. The molecule has 2 aliphatic heterocycles. The predicted molar refractivity (Wildman–Crippen MR) is 453 cm³/mol. The summed E-state index contributed by atoms with van der Waals surface area (Å²) >= 11 is 0. The summed E-state index contributed by atoms with van der Waals surface area (Å²) in [5, 5.41) is 46.4. The summed E-state index contributed by atoms with van der Waals surface area (Å²) in [7, 11) is 9.98. The monoisotopic (exact) mass is 1630 g/mol. The minimum absolute atomic E-state index is 0.0160. The molecule has 12 aliphatic carbocycles. The largest absolute Gasteiger partial charge is 0.515 e. The van der Waals surface area contributed by atoms with Crippen molar-refractivity contribution in [3.8, 4) is 0 Å². The van der Waals surface area contributed by atoms with Gasteiger partial charge in [-0.2, -0.15) is 25.5 Å². The molecule has 0 amide bonds. The Morgan fingerprint density at radius 3 is 1.24 bits per heavy atom. The predicted octanol–water partition coefficient (Wildman–Crippen LogP) is 16.6. The Hall–Kier alpha value is -7.65. The van der Waals surface area contributed by atoms with Gasteiger partial charge >= 0.3 is 0 Å². The third-order valence-electron chi connectivity index (χ3n) is 33.4. The zero-order chi connectivity index (χ0) is 84.8. The lowest BCUT2D eigenvalue weighted by Gasteiger charge is -2.54. The van der Waals surface area contributed by atoms with E-state index < -0.39 is 11.8 Å². The van der Waals surface area contributed by atoms with E-state index in [-0.39, 0.29) is 85.2 Å². The lowest BCUT2D eigenvalue weighted by atomic mass is 9.53. The van der Waals surface area contributed by atoms with Crippen LogP contribution in [0.4, 0.5) is 0 Å². The Bertz CT molecular complexity index is 4850. The van der Waals surface area contributed by atoms with Gasteiger partial charge in [0.15, 0.2) is 23.1 Å². The normalized spacial score (nSPS) is 36.3.